The van der Waals surface area contributed by atoms with Crippen molar-refractivity contribution >= 4 is 18.4 Å². The predicted octanol–water partition coefficient (Wildman–Crippen LogP) is 1.38. The Morgan fingerprint density at radius 1 is 1.69 bits per heavy atom. The first-order valence-corrected chi connectivity index (χ1v) is 5.03. The van der Waals surface area contributed by atoms with Gasteiger partial charge in [-0.25, -0.2) is 9.78 Å². The minimum absolute atomic E-state index is 0. The quantitative estimate of drug-likeness (QED) is 0.796. The zero-order valence-corrected chi connectivity index (χ0v) is 9.88. The van der Waals surface area contributed by atoms with Crippen LogP contribution in [0, 0.1) is 5.92 Å². The van der Waals surface area contributed by atoms with Gasteiger partial charge in [-0.2, -0.15) is 0 Å². The van der Waals surface area contributed by atoms with Gasteiger partial charge in [0.2, 0.25) is 5.89 Å². The number of methoxy groups -OCH3 is 1. The maximum absolute atomic E-state index is 11.1. The van der Waals surface area contributed by atoms with Gasteiger partial charge in [0.15, 0.2) is 5.69 Å². The zero-order chi connectivity index (χ0) is 10.7. The molecule has 16 heavy (non-hydrogen) atoms. The van der Waals surface area contributed by atoms with Gasteiger partial charge in [0.1, 0.15) is 6.26 Å². The smallest absolute Gasteiger partial charge is 0.360 e. The van der Waals surface area contributed by atoms with Gasteiger partial charge in [0.05, 0.1) is 13.7 Å². The van der Waals surface area contributed by atoms with Crippen LogP contribution in [0.15, 0.2) is 10.7 Å². The Balaban J connectivity index is 0.00000128. The van der Waals surface area contributed by atoms with Gasteiger partial charge in [-0.15, -0.1) is 12.4 Å². The molecule has 0 radical (unpaired) electrons. The van der Waals surface area contributed by atoms with Crippen molar-refractivity contribution < 1.29 is 13.9 Å². The lowest BCUT2D eigenvalue weighted by Crippen LogP contribution is -2.16. The highest BCUT2D eigenvalue weighted by Crippen LogP contribution is 2.27. The molecular formula is C10H15ClN2O3. The molecule has 2 rings (SSSR count). The number of aromatic nitrogens is 1. The average molecular weight is 247 g/mol. The first-order valence-electron chi connectivity index (χ1n) is 5.03. The third-order valence-corrected chi connectivity index (χ3v) is 2.35. The normalized spacial score (nSPS) is 14.3. The number of carbonyl (C=O) groups is 1. The summed E-state index contributed by atoms with van der Waals surface area (Å²) in [6.07, 6.45) is 3.94. The molecule has 0 aliphatic heterocycles. The zero-order valence-electron chi connectivity index (χ0n) is 9.06. The second-order valence-electron chi connectivity index (χ2n) is 3.69. The summed E-state index contributed by atoms with van der Waals surface area (Å²) in [5.74, 6) is 0.878. The monoisotopic (exact) mass is 246 g/mol. The first kappa shape index (κ1) is 13.0. The lowest BCUT2D eigenvalue weighted by Gasteiger charge is -1.98. The van der Waals surface area contributed by atoms with Crippen LogP contribution in [0.25, 0.3) is 0 Å². The molecule has 0 spiro atoms. The number of esters is 1. The fourth-order valence-corrected chi connectivity index (χ4v) is 1.30. The van der Waals surface area contributed by atoms with Crippen molar-refractivity contribution in [2.45, 2.75) is 19.4 Å². The van der Waals surface area contributed by atoms with E-state index in [1.165, 1.54) is 26.2 Å². The van der Waals surface area contributed by atoms with E-state index in [1.54, 1.807) is 0 Å². The summed E-state index contributed by atoms with van der Waals surface area (Å²) in [4.78, 5) is 15.0. The number of nitrogens with zero attached hydrogens (tertiary/aromatic N) is 1. The highest BCUT2D eigenvalue weighted by atomic mass is 35.5. The van der Waals surface area contributed by atoms with E-state index in [-0.39, 0.29) is 18.1 Å². The Bertz CT molecular complexity index is 350. The largest absolute Gasteiger partial charge is 0.464 e. The number of nitrogens with one attached hydrogen (secondary N) is 1. The van der Waals surface area contributed by atoms with Gasteiger partial charge in [-0.05, 0) is 25.3 Å². The van der Waals surface area contributed by atoms with Crippen molar-refractivity contribution in [3.63, 3.8) is 0 Å². The molecule has 1 aliphatic rings. The number of ether oxygens (including phenoxy) is 1. The molecule has 0 unspecified atom stereocenters. The summed E-state index contributed by atoms with van der Waals surface area (Å²) < 4.78 is 9.64. The highest BCUT2D eigenvalue weighted by Gasteiger charge is 2.20. The molecule has 0 saturated heterocycles. The topological polar surface area (TPSA) is 64.4 Å². The fourth-order valence-electron chi connectivity index (χ4n) is 1.30. The van der Waals surface area contributed by atoms with Crippen LogP contribution >= 0.6 is 12.4 Å². The van der Waals surface area contributed by atoms with E-state index in [0.29, 0.717) is 12.4 Å². The third kappa shape index (κ3) is 3.50. The number of hydrogen-bond donors (Lipinski definition) is 1. The van der Waals surface area contributed by atoms with Crippen LogP contribution in [0.4, 0.5) is 0 Å². The van der Waals surface area contributed by atoms with Crippen LogP contribution in [-0.4, -0.2) is 24.6 Å². The van der Waals surface area contributed by atoms with E-state index >= 15 is 0 Å². The maximum Gasteiger partial charge on any atom is 0.360 e. The molecule has 0 amide bonds. The predicted molar refractivity (Wildman–Crippen MR) is 59.5 cm³/mol. The van der Waals surface area contributed by atoms with Crippen molar-refractivity contribution in [2.75, 3.05) is 13.7 Å². The first-order chi connectivity index (χ1) is 7.29. The summed E-state index contributed by atoms with van der Waals surface area (Å²) in [6, 6.07) is 0. The summed E-state index contributed by atoms with van der Waals surface area (Å²) >= 11 is 0. The van der Waals surface area contributed by atoms with Gasteiger partial charge in [-0.3, -0.25) is 0 Å². The Morgan fingerprint density at radius 3 is 3.06 bits per heavy atom. The van der Waals surface area contributed by atoms with Crippen LogP contribution in [-0.2, 0) is 11.3 Å². The summed E-state index contributed by atoms with van der Waals surface area (Å²) in [6.45, 7) is 1.56. The van der Waals surface area contributed by atoms with Gasteiger partial charge in [-0.1, -0.05) is 0 Å². The van der Waals surface area contributed by atoms with E-state index in [1.807, 2.05) is 0 Å². The summed E-state index contributed by atoms with van der Waals surface area (Å²) in [5, 5.41) is 3.23. The minimum Gasteiger partial charge on any atom is -0.464 e. The molecule has 0 aromatic carbocycles. The van der Waals surface area contributed by atoms with Gasteiger partial charge in [0, 0.05) is 0 Å². The van der Waals surface area contributed by atoms with Crippen LogP contribution in [0.1, 0.15) is 29.2 Å². The molecule has 1 saturated carbocycles. The Kier molecular flexibility index (Phi) is 4.76. The number of carbonyl (C=O) groups excluding carboxylic acids is 1. The molecule has 1 aliphatic carbocycles. The molecule has 5 nitrogen and oxygen atoms in total. The van der Waals surface area contributed by atoms with Gasteiger partial charge >= 0.3 is 5.97 Å². The summed E-state index contributed by atoms with van der Waals surface area (Å²) in [5.41, 5.74) is 0.223. The van der Waals surface area contributed by atoms with Gasteiger partial charge in [0.25, 0.3) is 0 Å². The highest BCUT2D eigenvalue weighted by molar-refractivity contribution is 5.86. The second kappa shape index (κ2) is 5.86. The van der Waals surface area contributed by atoms with Crippen molar-refractivity contribution in [3.05, 3.63) is 17.8 Å². The third-order valence-electron chi connectivity index (χ3n) is 2.35. The minimum atomic E-state index is -0.466. The average Bonchev–Trinajstić information content (AvgIpc) is 2.94. The van der Waals surface area contributed by atoms with Gasteiger partial charge < -0.3 is 14.5 Å². The number of halogens is 1. The van der Waals surface area contributed by atoms with Crippen molar-refractivity contribution in [1.82, 2.24) is 10.3 Å². The molecule has 0 bridgehead atoms. The Hall–Kier alpha value is -1.07. The standard InChI is InChI=1S/C10H14N2O3.ClH/c1-14-10(13)8-6-15-9(12-8)5-11-4-7-2-3-7;/h6-7,11H,2-5H2,1H3;1H. The molecule has 6 heteroatoms. The van der Waals surface area contributed by atoms with E-state index < -0.39 is 5.97 Å². The van der Waals surface area contributed by atoms with E-state index in [9.17, 15) is 4.79 Å². The number of oxazole rings is 1. The van der Waals surface area contributed by atoms with Crippen molar-refractivity contribution in [1.29, 1.82) is 0 Å². The molecule has 1 aromatic heterocycles. The van der Waals surface area contributed by atoms with E-state index in [4.69, 9.17) is 4.42 Å². The van der Waals surface area contributed by atoms with E-state index in [0.717, 1.165) is 12.5 Å². The number of hydrogen-bond acceptors (Lipinski definition) is 5. The number of rotatable bonds is 5. The molecular weight excluding hydrogens is 232 g/mol. The Labute approximate surface area is 100.0 Å². The fraction of sp³-hybridized carbons (Fsp3) is 0.600. The molecule has 90 valence electrons. The molecule has 1 heterocycles. The second-order valence-corrected chi connectivity index (χ2v) is 3.69. The SMILES string of the molecule is COC(=O)c1coc(CNCC2CC2)n1.Cl. The van der Waals surface area contributed by atoms with E-state index in [2.05, 4.69) is 15.0 Å². The lowest BCUT2D eigenvalue weighted by molar-refractivity contribution is 0.0594. The summed E-state index contributed by atoms with van der Waals surface area (Å²) in [7, 11) is 1.32. The molecule has 1 aromatic rings. The lowest BCUT2D eigenvalue weighted by atomic mass is 10.4. The van der Waals surface area contributed by atoms with Crippen LogP contribution < -0.4 is 5.32 Å². The molecule has 1 N–H and O–H groups in total. The maximum atomic E-state index is 11.1. The van der Waals surface area contributed by atoms with Crippen LogP contribution in [0.3, 0.4) is 0 Å². The van der Waals surface area contributed by atoms with Crippen LogP contribution in [0.5, 0.6) is 0 Å². The molecule has 0 atom stereocenters. The van der Waals surface area contributed by atoms with Crippen molar-refractivity contribution in [2.24, 2.45) is 5.92 Å². The van der Waals surface area contributed by atoms with Crippen molar-refractivity contribution in [3.8, 4) is 0 Å². The molecule has 1 fully saturated rings. The Morgan fingerprint density at radius 2 is 2.44 bits per heavy atom. The van der Waals surface area contributed by atoms with Crippen LogP contribution in [0.2, 0.25) is 0 Å².